The zero-order valence-electron chi connectivity index (χ0n) is 12.5. The van der Waals surface area contributed by atoms with Gasteiger partial charge >= 0.3 is 0 Å². The molecule has 0 saturated heterocycles. The number of rotatable bonds is 10. The summed E-state index contributed by atoms with van der Waals surface area (Å²) in [5, 5.41) is 16.7. The average molecular weight is 268 g/mol. The quantitative estimate of drug-likeness (QED) is 0.679. The van der Waals surface area contributed by atoms with E-state index in [0.29, 0.717) is 11.8 Å². The number of hydrogen-bond acceptors (Lipinski definition) is 4. The van der Waals surface area contributed by atoms with Gasteiger partial charge in [0.2, 0.25) is 0 Å². The van der Waals surface area contributed by atoms with Gasteiger partial charge in [0.25, 0.3) is 0 Å². The molecule has 2 N–H and O–H groups in total. The molecule has 1 atom stereocenters. The molecule has 0 aliphatic heterocycles. The predicted octanol–water partition coefficient (Wildman–Crippen LogP) is 1.82. The van der Waals surface area contributed by atoms with Crippen molar-refractivity contribution in [1.82, 2.24) is 20.1 Å². The molecule has 1 rings (SSSR count). The summed E-state index contributed by atoms with van der Waals surface area (Å²) in [7, 11) is 0. The van der Waals surface area contributed by atoms with Gasteiger partial charge in [0.15, 0.2) is 0 Å². The lowest BCUT2D eigenvalue weighted by Crippen LogP contribution is -2.25. The van der Waals surface area contributed by atoms with Gasteiger partial charge in [-0.15, -0.1) is 0 Å². The van der Waals surface area contributed by atoms with Crippen LogP contribution in [0.15, 0.2) is 6.33 Å². The fourth-order valence-corrected chi connectivity index (χ4v) is 2.25. The highest BCUT2D eigenvalue weighted by molar-refractivity contribution is 4.84. The Kier molecular flexibility index (Phi) is 7.67. The van der Waals surface area contributed by atoms with Gasteiger partial charge in [0, 0.05) is 13.2 Å². The second kappa shape index (κ2) is 9.04. The molecule has 1 aromatic heterocycles. The smallest absolute Gasteiger partial charge is 0.140 e. The summed E-state index contributed by atoms with van der Waals surface area (Å²) in [6.45, 7) is 9.40. The van der Waals surface area contributed by atoms with E-state index in [9.17, 15) is 0 Å². The van der Waals surface area contributed by atoms with E-state index in [4.69, 9.17) is 5.11 Å². The second-order valence-corrected chi connectivity index (χ2v) is 5.55. The summed E-state index contributed by atoms with van der Waals surface area (Å²) in [4.78, 5) is 4.30. The number of hydrogen-bond donors (Lipinski definition) is 2. The molecule has 0 fully saturated rings. The molecular weight excluding hydrogens is 240 g/mol. The van der Waals surface area contributed by atoms with Crippen molar-refractivity contribution in [3.05, 3.63) is 12.2 Å². The summed E-state index contributed by atoms with van der Waals surface area (Å²) < 4.78 is 1.97. The summed E-state index contributed by atoms with van der Waals surface area (Å²) >= 11 is 0. The van der Waals surface area contributed by atoms with Crippen LogP contribution in [0, 0.1) is 11.8 Å². The van der Waals surface area contributed by atoms with E-state index in [1.54, 1.807) is 6.33 Å². The van der Waals surface area contributed by atoms with Crippen LogP contribution < -0.4 is 5.32 Å². The van der Waals surface area contributed by atoms with E-state index in [-0.39, 0.29) is 6.61 Å². The Morgan fingerprint density at radius 1 is 1.37 bits per heavy atom. The van der Waals surface area contributed by atoms with E-state index < -0.39 is 0 Å². The Bertz CT molecular complexity index is 332. The molecule has 1 unspecified atom stereocenters. The zero-order chi connectivity index (χ0) is 14.1. The first kappa shape index (κ1) is 16.1. The monoisotopic (exact) mass is 268 g/mol. The van der Waals surface area contributed by atoms with Crippen LogP contribution in [0.5, 0.6) is 0 Å². The number of nitrogens with zero attached hydrogens (tertiary/aromatic N) is 3. The lowest BCUT2D eigenvalue weighted by Gasteiger charge is -2.16. The van der Waals surface area contributed by atoms with Crippen molar-refractivity contribution >= 4 is 0 Å². The lowest BCUT2D eigenvalue weighted by atomic mass is 10.0. The van der Waals surface area contributed by atoms with Gasteiger partial charge in [-0.1, -0.05) is 27.2 Å². The van der Waals surface area contributed by atoms with Crippen molar-refractivity contribution in [2.24, 2.45) is 11.8 Å². The minimum absolute atomic E-state index is 0.274. The van der Waals surface area contributed by atoms with E-state index >= 15 is 0 Å². The highest BCUT2D eigenvalue weighted by atomic mass is 16.3. The van der Waals surface area contributed by atoms with E-state index in [1.165, 1.54) is 0 Å². The fourth-order valence-electron chi connectivity index (χ4n) is 2.25. The van der Waals surface area contributed by atoms with Crippen molar-refractivity contribution in [3.8, 4) is 0 Å². The molecule has 1 aromatic rings. The molecule has 5 heteroatoms. The van der Waals surface area contributed by atoms with E-state index in [2.05, 4.69) is 36.2 Å². The van der Waals surface area contributed by atoms with Crippen LogP contribution in [0.1, 0.15) is 45.9 Å². The Hall–Kier alpha value is -0.940. The maximum atomic E-state index is 9.04. The van der Waals surface area contributed by atoms with Crippen molar-refractivity contribution in [2.45, 2.75) is 53.1 Å². The molecule has 110 valence electrons. The number of aliphatic hydroxyl groups excluding tert-OH is 1. The third-order valence-electron chi connectivity index (χ3n) is 3.18. The van der Waals surface area contributed by atoms with Gasteiger partial charge in [-0.05, 0) is 31.2 Å². The Morgan fingerprint density at radius 3 is 2.79 bits per heavy atom. The standard InChI is InChI=1S/C14H28N4O/c1-4-5-13(6-7-19)8-15-9-14-16-11-17-18(14)10-12(2)3/h11-13,15,19H,4-10H2,1-3H3. The van der Waals surface area contributed by atoms with Crippen LogP contribution in [-0.4, -0.2) is 33.0 Å². The first-order valence-electron chi connectivity index (χ1n) is 7.35. The molecule has 0 aliphatic rings. The maximum Gasteiger partial charge on any atom is 0.140 e. The highest BCUT2D eigenvalue weighted by Crippen LogP contribution is 2.09. The SMILES string of the molecule is CCCC(CCO)CNCc1ncnn1CC(C)C. The van der Waals surface area contributed by atoms with Gasteiger partial charge in [-0.3, -0.25) is 0 Å². The van der Waals surface area contributed by atoms with Crippen molar-refractivity contribution in [1.29, 1.82) is 0 Å². The summed E-state index contributed by atoms with van der Waals surface area (Å²) in [6.07, 6.45) is 4.82. The Labute approximate surface area is 116 Å². The molecule has 0 saturated carbocycles. The normalized spacial score (nSPS) is 13.1. The van der Waals surface area contributed by atoms with Crippen LogP contribution in [-0.2, 0) is 13.1 Å². The molecule has 5 nitrogen and oxygen atoms in total. The summed E-state index contributed by atoms with van der Waals surface area (Å²) in [6, 6.07) is 0. The molecule has 19 heavy (non-hydrogen) atoms. The highest BCUT2D eigenvalue weighted by Gasteiger charge is 2.09. The van der Waals surface area contributed by atoms with Crippen LogP contribution in [0.3, 0.4) is 0 Å². The van der Waals surface area contributed by atoms with Gasteiger partial charge in [0.05, 0.1) is 6.54 Å². The summed E-state index contributed by atoms with van der Waals surface area (Å²) in [5.74, 6) is 2.12. The molecule has 0 spiro atoms. The molecule has 0 aliphatic carbocycles. The van der Waals surface area contributed by atoms with Crippen LogP contribution in [0.25, 0.3) is 0 Å². The van der Waals surface area contributed by atoms with Gasteiger partial charge in [-0.2, -0.15) is 5.10 Å². The topological polar surface area (TPSA) is 63.0 Å². The first-order valence-corrected chi connectivity index (χ1v) is 7.35. The Morgan fingerprint density at radius 2 is 2.16 bits per heavy atom. The maximum absolute atomic E-state index is 9.04. The van der Waals surface area contributed by atoms with Crippen LogP contribution in [0.4, 0.5) is 0 Å². The van der Waals surface area contributed by atoms with Gasteiger partial charge < -0.3 is 10.4 Å². The van der Waals surface area contributed by atoms with Gasteiger partial charge in [0.1, 0.15) is 12.2 Å². The van der Waals surface area contributed by atoms with Crippen molar-refractivity contribution in [3.63, 3.8) is 0 Å². The average Bonchev–Trinajstić information content (AvgIpc) is 2.76. The number of aliphatic hydroxyl groups is 1. The number of nitrogens with one attached hydrogen (secondary N) is 1. The molecular formula is C14H28N4O. The van der Waals surface area contributed by atoms with Crippen molar-refractivity contribution < 1.29 is 5.11 Å². The molecule has 0 bridgehead atoms. The first-order chi connectivity index (χ1) is 9.17. The third-order valence-corrected chi connectivity index (χ3v) is 3.18. The number of aromatic nitrogens is 3. The predicted molar refractivity (Wildman–Crippen MR) is 76.7 cm³/mol. The molecule has 0 amide bonds. The molecule has 0 radical (unpaired) electrons. The Balaban J connectivity index is 2.37. The van der Waals surface area contributed by atoms with Crippen LogP contribution in [0.2, 0.25) is 0 Å². The fraction of sp³-hybridized carbons (Fsp3) is 0.857. The van der Waals surface area contributed by atoms with Gasteiger partial charge in [-0.25, -0.2) is 9.67 Å². The van der Waals surface area contributed by atoms with Crippen LogP contribution >= 0.6 is 0 Å². The minimum Gasteiger partial charge on any atom is -0.396 e. The zero-order valence-corrected chi connectivity index (χ0v) is 12.5. The van der Waals surface area contributed by atoms with E-state index in [1.807, 2.05) is 4.68 Å². The molecule has 1 heterocycles. The largest absolute Gasteiger partial charge is 0.396 e. The van der Waals surface area contributed by atoms with E-state index in [0.717, 1.165) is 44.7 Å². The van der Waals surface area contributed by atoms with Crippen molar-refractivity contribution in [2.75, 3.05) is 13.2 Å². The lowest BCUT2D eigenvalue weighted by molar-refractivity contribution is 0.247. The third kappa shape index (κ3) is 6.16. The summed E-state index contributed by atoms with van der Waals surface area (Å²) in [5.41, 5.74) is 0. The second-order valence-electron chi connectivity index (χ2n) is 5.55. The molecule has 0 aromatic carbocycles. The minimum atomic E-state index is 0.274.